The van der Waals surface area contributed by atoms with Crippen LogP contribution in [0.5, 0.6) is 5.75 Å². The van der Waals surface area contributed by atoms with Crippen LogP contribution in [0.2, 0.25) is 0 Å². The van der Waals surface area contributed by atoms with E-state index in [4.69, 9.17) is 16.3 Å². The van der Waals surface area contributed by atoms with Crippen LogP contribution in [0.4, 0.5) is 0 Å². The first kappa shape index (κ1) is 12.9. The minimum atomic E-state index is 0.718. The molecule has 0 atom stereocenters. The molecule has 94 valence electrons. The highest BCUT2D eigenvalue weighted by atomic mass is 35.5. The van der Waals surface area contributed by atoms with Gasteiger partial charge < -0.3 is 4.74 Å². The van der Waals surface area contributed by atoms with Crippen LogP contribution in [-0.4, -0.2) is 33.1 Å². The molecule has 18 heavy (non-hydrogen) atoms. The van der Waals surface area contributed by atoms with Gasteiger partial charge in [-0.3, -0.25) is 0 Å². The maximum absolute atomic E-state index is 5.47. The number of rotatable bonds is 5. The molecule has 0 bridgehead atoms. The van der Waals surface area contributed by atoms with Gasteiger partial charge in [0.25, 0.3) is 0 Å². The quantitative estimate of drug-likeness (QED) is 0.789. The van der Waals surface area contributed by atoms with Crippen molar-refractivity contribution in [2.24, 2.45) is 0 Å². The third kappa shape index (κ3) is 3.02. The molecule has 0 unspecified atom stereocenters. The topological polar surface area (TPSA) is 52.8 Å². The fourth-order valence-electron chi connectivity index (χ4n) is 1.31. The summed E-state index contributed by atoms with van der Waals surface area (Å²) in [4.78, 5) is 0. The van der Waals surface area contributed by atoms with Gasteiger partial charge in [-0.05, 0) is 34.7 Å². The molecule has 0 saturated carbocycles. The Morgan fingerprint density at radius 3 is 2.83 bits per heavy atom. The van der Waals surface area contributed by atoms with Gasteiger partial charge in [0.1, 0.15) is 5.75 Å². The van der Waals surface area contributed by atoms with Crippen LogP contribution in [-0.2, 0) is 0 Å². The van der Waals surface area contributed by atoms with Gasteiger partial charge in [0, 0.05) is 11.3 Å². The molecule has 0 fully saturated rings. The van der Waals surface area contributed by atoms with Gasteiger partial charge in [-0.15, -0.1) is 5.10 Å². The van der Waals surface area contributed by atoms with Crippen molar-refractivity contribution in [1.29, 1.82) is 0 Å². The largest absolute Gasteiger partial charge is 0.497 e. The first-order valence-corrected chi connectivity index (χ1v) is 6.58. The van der Waals surface area contributed by atoms with Crippen LogP contribution in [0.3, 0.4) is 0 Å². The minimum absolute atomic E-state index is 0.718. The van der Waals surface area contributed by atoms with Crippen LogP contribution in [0.25, 0.3) is 5.69 Å². The molecule has 5 nitrogen and oxygen atoms in total. The van der Waals surface area contributed by atoms with Crippen molar-refractivity contribution in [3.63, 3.8) is 0 Å². The molecule has 0 spiro atoms. The summed E-state index contributed by atoms with van der Waals surface area (Å²) in [5.41, 5.74) is 2.37. The van der Waals surface area contributed by atoms with Gasteiger partial charge in [0.15, 0.2) is 0 Å². The van der Waals surface area contributed by atoms with Gasteiger partial charge >= 0.3 is 0 Å². The van der Waals surface area contributed by atoms with E-state index in [0.717, 1.165) is 22.3 Å². The van der Waals surface area contributed by atoms with E-state index in [1.165, 1.54) is 17.3 Å². The molecule has 0 amide bonds. The highest BCUT2D eigenvalue weighted by Gasteiger charge is 2.07. The molecule has 0 saturated heterocycles. The van der Waals surface area contributed by atoms with Gasteiger partial charge in [-0.1, -0.05) is 29.4 Å². The van der Waals surface area contributed by atoms with Crippen LogP contribution in [0.1, 0.15) is 0 Å². The second-order valence-corrected chi connectivity index (χ2v) is 4.48. The number of nitrogens with zero attached hydrogens (tertiary/aromatic N) is 4. The first-order valence-electron chi connectivity index (χ1n) is 5.16. The highest BCUT2D eigenvalue weighted by Crippen LogP contribution is 2.20. The van der Waals surface area contributed by atoms with E-state index < -0.39 is 0 Å². The van der Waals surface area contributed by atoms with Crippen molar-refractivity contribution >= 4 is 23.4 Å². The van der Waals surface area contributed by atoms with E-state index in [0.29, 0.717) is 0 Å². The van der Waals surface area contributed by atoms with Gasteiger partial charge in [-0.25, -0.2) is 0 Å². The number of ether oxygens (including phenoxy) is 1. The van der Waals surface area contributed by atoms with Crippen molar-refractivity contribution < 1.29 is 4.74 Å². The fourth-order valence-corrected chi connectivity index (χ4v) is 2.21. The third-order valence-corrected chi connectivity index (χ3v) is 3.21. The summed E-state index contributed by atoms with van der Waals surface area (Å²) in [5, 5.41) is 12.3. The summed E-state index contributed by atoms with van der Waals surface area (Å²) >= 11 is 6.97. The average molecular weight is 283 g/mol. The predicted octanol–water partition coefficient (Wildman–Crippen LogP) is 2.52. The van der Waals surface area contributed by atoms with Crippen molar-refractivity contribution in [3.8, 4) is 11.4 Å². The molecule has 1 aromatic heterocycles. The third-order valence-electron chi connectivity index (χ3n) is 2.16. The van der Waals surface area contributed by atoms with Crippen molar-refractivity contribution in [2.75, 3.05) is 12.9 Å². The minimum Gasteiger partial charge on any atom is -0.497 e. The van der Waals surface area contributed by atoms with Crippen molar-refractivity contribution in [2.45, 2.75) is 5.16 Å². The number of tetrazole rings is 1. The molecule has 0 N–H and O–H groups in total. The Bertz CT molecular complexity index is 526. The molecule has 2 rings (SSSR count). The molecule has 2 aromatic rings. The summed E-state index contributed by atoms with van der Waals surface area (Å²) in [6.07, 6.45) is 1.83. The summed E-state index contributed by atoms with van der Waals surface area (Å²) in [5.74, 6) is 1.52. The number of thioether (sulfide) groups is 1. The summed E-state index contributed by atoms with van der Waals surface area (Å²) in [6, 6.07) is 7.53. The van der Waals surface area contributed by atoms with E-state index in [2.05, 4.69) is 15.5 Å². The van der Waals surface area contributed by atoms with Crippen LogP contribution in [0, 0.1) is 0 Å². The molecular formula is C11H11ClN4OS. The zero-order valence-electron chi connectivity index (χ0n) is 9.65. The van der Waals surface area contributed by atoms with Gasteiger partial charge in [0.2, 0.25) is 5.16 Å². The Morgan fingerprint density at radius 2 is 2.17 bits per heavy atom. The number of methoxy groups -OCH3 is 1. The van der Waals surface area contributed by atoms with Crippen LogP contribution >= 0.6 is 23.4 Å². The SMILES string of the molecule is COc1ccc(-n2nnnc2SCC=CCl)cc1. The zero-order valence-corrected chi connectivity index (χ0v) is 11.2. The maximum Gasteiger partial charge on any atom is 0.214 e. The Kier molecular flexibility index (Phi) is 4.60. The predicted molar refractivity (Wildman–Crippen MR) is 71.4 cm³/mol. The molecule has 1 heterocycles. The van der Waals surface area contributed by atoms with E-state index in [9.17, 15) is 0 Å². The van der Waals surface area contributed by atoms with Crippen LogP contribution in [0.15, 0.2) is 41.0 Å². The summed E-state index contributed by atoms with van der Waals surface area (Å²) in [6.45, 7) is 0. The standard InChI is InChI=1S/C11H11ClN4OS/c1-17-10-5-3-9(4-6-10)16-11(13-14-15-16)18-8-2-7-12/h2-7H,8H2,1H3. The fraction of sp³-hybridized carbons (Fsp3) is 0.182. The monoisotopic (exact) mass is 282 g/mol. The molecule has 0 radical (unpaired) electrons. The number of halogens is 1. The lowest BCUT2D eigenvalue weighted by molar-refractivity contribution is 0.414. The molecule has 0 aliphatic heterocycles. The summed E-state index contributed by atoms with van der Waals surface area (Å²) < 4.78 is 6.78. The number of benzene rings is 1. The molecular weight excluding hydrogens is 272 g/mol. The molecule has 0 aliphatic rings. The van der Waals surface area contributed by atoms with E-state index in [1.807, 2.05) is 30.3 Å². The molecule has 1 aromatic carbocycles. The maximum atomic E-state index is 5.47. The normalized spacial score (nSPS) is 11.0. The lowest BCUT2D eigenvalue weighted by Gasteiger charge is -2.04. The highest BCUT2D eigenvalue weighted by molar-refractivity contribution is 7.99. The molecule has 0 aliphatic carbocycles. The Hall–Kier alpha value is -1.53. The molecule has 7 heteroatoms. The van der Waals surface area contributed by atoms with Gasteiger partial charge in [-0.2, -0.15) is 4.68 Å². The average Bonchev–Trinajstić information content (AvgIpc) is 2.88. The summed E-state index contributed by atoms with van der Waals surface area (Å²) in [7, 11) is 1.63. The Labute approximate surface area is 114 Å². The smallest absolute Gasteiger partial charge is 0.214 e. The Balaban J connectivity index is 2.19. The number of hydrogen-bond acceptors (Lipinski definition) is 5. The van der Waals surface area contributed by atoms with E-state index >= 15 is 0 Å². The number of aromatic nitrogens is 4. The lowest BCUT2D eigenvalue weighted by Crippen LogP contribution is -1.99. The zero-order chi connectivity index (χ0) is 12.8. The van der Waals surface area contributed by atoms with E-state index in [1.54, 1.807) is 11.8 Å². The van der Waals surface area contributed by atoms with E-state index in [-0.39, 0.29) is 0 Å². The second-order valence-electron chi connectivity index (χ2n) is 3.24. The Morgan fingerprint density at radius 1 is 1.39 bits per heavy atom. The first-order chi connectivity index (χ1) is 8.85. The van der Waals surface area contributed by atoms with Gasteiger partial charge in [0.05, 0.1) is 12.8 Å². The van der Waals surface area contributed by atoms with Crippen LogP contribution < -0.4 is 4.74 Å². The number of hydrogen-bond donors (Lipinski definition) is 0. The second kappa shape index (κ2) is 6.42. The van der Waals surface area contributed by atoms with Crippen molar-refractivity contribution in [3.05, 3.63) is 35.9 Å². The van der Waals surface area contributed by atoms with Crippen molar-refractivity contribution in [1.82, 2.24) is 20.2 Å². The lowest BCUT2D eigenvalue weighted by atomic mass is 10.3.